The summed E-state index contributed by atoms with van der Waals surface area (Å²) in [4.78, 5) is 27.0. The number of nitrogens with one attached hydrogen (secondary N) is 1. The summed E-state index contributed by atoms with van der Waals surface area (Å²) in [6, 6.07) is 21.7. The van der Waals surface area contributed by atoms with E-state index in [4.69, 9.17) is 9.15 Å². The minimum atomic E-state index is -3.76. The first kappa shape index (κ1) is 29.3. The number of benzene rings is 3. The number of oxazole rings is 1. The fraction of sp³-hybridized carbons (Fsp3) is 0.375. The standard InChI is InChI=1S/C32H36N4O6S/c1-23-8-11-27(12-9-23)43(39,40)36-22-32(41-21-26(36)18-24-6-4-3-5-7-24)14-16-35(17-15-32)20-30(37)33-25-10-13-28-29(19-25)42-31(38)34(28)2/h3-13,19,26H,14-18,20-22H2,1-2H3,(H,33,37)/t26-/m1/s1. The third-order valence-electron chi connectivity index (χ3n) is 8.59. The lowest BCUT2D eigenvalue weighted by Crippen LogP contribution is -2.62. The summed E-state index contributed by atoms with van der Waals surface area (Å²) < 4.78 is 42.8. The van der Waals surface area contributed by atoms with Gasteiger partial charge < -0.3 is 14.5 Å². The Hall–Kier alpha value is -3.77. The van der Waals surface area contributed by atoms with Crippen molar-refractivity contribution < 1.29 is 22.4 Å². The van der Waals surface area contributed by atoms with Crippen LogP contribution in [0.1, 0.15) is 24.0 Å². The zero-order chi connectivity index (χ0) is 30.2. The molecule has 1 atom stereocenters. The van der Waals surface area contributed by atoms with Gasteiger partial charge in [-0.1, -0.05) is 48.0 Å². The largest absolute Gasteiger partial charge is 0.419 e. The number of morpholine rings is 1. The Labute approximate surface area is 250 Å². The predicted molar refractivity (Wildman–Crippen MR) is 163 cm³/mol. The number of piperidine rings is 1. The monoisotopic (exact) mass is 604 g/mol. The Morgan fingerprint density at radius 3 is 2.47 bits per heavy atom. The highest BCUT2D eigenvalue weighted by atomic mass is 32.2. The molecule has 2 aliphatic rings. The summed E-state index contributed by atoms with van der Waals surface area (Å²) in [5, 5.41) is 2.89. The van der Waals surface area contributed by atoms with Crippen molar-refractivity contribution in [1.82, 2.24) is 13.8 Å². The van der Waals surface area contributed by atoms with Gasteiger partial charge in [-0.3, -0.25) is 14.3 Å². The van der Waals surface area contributed by atoms with Gasteiger partial charge in [0.2, 0.25) is 15.9 Å². The van der Waals surface area contributed by atoms with Crippen LogP contribution in [0.5, 0.6) is 0 Å². The number of aromatic nitrogens is 1. The van der Waals surface area contributed by atoms with Crippen LogP contribution in [-0.2, 0) is 33.0 Å². The minimum absolute atomic E-state index is 0.176. The molecule has 3 aromatic carbocycles. The fourth-order valence-electron chi connectivity index (χ4n) is 6.02. The number of nitrogens with zero attached hydrogens (tertiary/aromatic N) is 3. The van der Waals surface area contributed by atoms with Gasteiger partial charge in [0.25, 0.3) is 0 Å². The molecule has 10 nitrogen and oxygen atoms in total. The smallest absolute Gasteiger partial charge is 0.408 e. The summed E-state index contributed by atoms with van der Waals surface area (Å²) in [5.41, 5.74) is 3.06. The predicted octanol–water partition coefficient (Wildman–Crippen LogP) is 3.55. The van der Waals surface area contributed by atoms with Gasteiger partial charge in [-0.05, 0) is 56.0 Å². The van der Waals surface area contributed by atoms with E-state index >= 15 is 0 Å². The molecule has 0 aliphatic carbocycles. The molecule has 0 saturated carbocycles. The summed E-state index contributed by atoms with van der Waals surface area (Å²) >= 11 is 0. The van der Waals surface area contributed by atoms with E-state index in [0.717, 1.165) is 11.1 Å². The second kappa shape index (κ2) is 11.7. The van der Waals surface area contributed by atoms with E-state index in [1.54, 1.807) is 41.7 Å². The maximum atomic E-state index is 14.0. The Kier molecular flexibility index (Phi) is 7.99. The van der Waals surface area contributed by atoms with Gasteiger partial charge in [-0.25, -0.2) is 13.2 Å². The number of rotatable bonds is 7. The number of amides is 1. The van der Waals surface area contributed by atoms with E-state index in [2.05, 4.69) is 10.2 Å². The molecule has 1 N–H and O–H groups in total. The zero-order valence-electron chi connectivity index (χ0n) is 24.4. The highest BCUT2D eigenvalue weighted by Crippen LogP contribution is 2.36. The van der Waals surface area contributed by atoms with Crippen molar-refractivity contribution in [2.45, 2.75) is 42.7 Å². The lowest BCUT2D eigenvalue weighted by Gasteiger charge is -2.49. The zero-order valence-corrected chi connectivity index (χ0v) is 25.2. The Morgan fingerprint density at radius 1 is 1.02 bits per heavy atom. The van der Waals surface area contributed by atoms with Crippen molar-refractivity contribution in [3.63, 3.8) is 0 Å². The van der Waals surface area contributed by atoms with Crippen LogP contribution in [0.25, 0.3) is 11.1 Å². The van der Waals surface area contributed by atoms with Crippen molar-refractivity contribution in [2.75, 3.05) is 38.1 Å². The van der Waals surface area contributed by atoms with Gasteiger partial charge in [0, 0.05) is 38.4 Å². The van der Waals surface area contributed by atoms with Gasteiger partial charge in [0.1, 0.15) is 0 Å². The lowest BCUT2D eigenvalue weighted by molar-refractivity contribution is -0.139. The molecule has 3 heterocycles. The molecule has 1 spiro atoms. The van der Waals surface area contributed by atoms with E-state index in [9.17, 15) is 18.0 Å². The first-order valence-corrected chi connectivity index (χ1v) is 15.9. The number of carbonyl (C=O) groups excluding carboxylic acids is 1. The third-order valence-corrected chi connectivity index (χ3v) is 10.5. The van der Waals surface area contributed by atoms with Crippen molar-refractivity contribution in [2.24, 2.45) is 7.05 Å². The second-order valence-electron chi connectivity index (χ2n) is 11.6. The molecule has 2 aliphatic heterocycles. The van der Waals surface area contributed by atoms with E-state index in [-0.39, 0.29) is 29.9 Å². The number of anilines is 1. The molecule has 1 amide bonds. The van der Waals surface area contributed by atoms with E-state index in [1.807, 2.05) is 49.4 Å². The lowest BCUT2D eigenvalue weighted by atomic mass is 9.88. The molecule has 0 bridgehead atoms. The molecule has 11 heteroatoms. The molecule has 0 radical (unpaired) electrons. The molecule has 6 rings (SSSR count). The van der Waals surface area contributed by atoms with Gasteiger partial charge >= 0.3 is 5.76 Å². The van der Waals surface area contributed by atoms with Gasteiger partial charge in [-0.2, -0.15) is 4.31 Å². The van der Waals surface area contributed by atoms with E-state index in [0.29, 0.717) is 55.7 Å². The molecule has 0 unspecified atom stereocenters. The molecule has 2 saturated heterocycles. The number of fused-ring (bicyclic) bond motifs is 1. The first-order chi connectivity index (χ1) is 20.6. The average Bonchev–Trinajstić information content (AvgIpc) is 3.28. The van der Waals surface area contributed by atoms with Crippen LogP contribution in [0.3, 0.4) is 0 Å². The van der Waals surface area contributed by atoms with Crippen LogP contribution in [0.2, 0.25) is 0 Å². The van der Waals surface area contributed by atoms with Crippen molar-refractivity contribution in [3.05, 3.63) is 94.5 Å². The highest BCUT2D eigenvalue weighted by molar-refractivity contribution is 7.89. The summed E-state index contributed by atoms with van der Waals surface area (Å²) in [5.74, 6) is -0.632. The SMILES string of the molecule is Cc1ccc(S(=O)(=O)N2CC3(CCN(CC(=O)Nc4ccc5c(c4)oc(=O)n5C)CC3)OC[C@H]2Cc2ccccc2)cc1. The number of aryl methyl sites for hydroxylation is 2. The summed E-state index contributed by atoms with van der Waals surface area (Å²) in [6.45, 7) is 3.90. The molecule has 43 heavy (non-hydrogen) atoms. The van der Waals surface area contributed by atoms with E-state index < -0.39 is 21.4 Å². The number of hydrogen-bond donors (Lipinski definition) is 1. The summed E-state index contributed by atoms with van der Waals surface area (Å²) in [6.07, 6.45) is 1.78. The first-order valence-electron chi connectivity index (χ1n) is 14.5. The molecule has 4 aromatic rings. The van der Waals surface area contributed by atoms with Crippen LogP contribution < -0.4 is 11.1 Å². The van der Waals surface area contributed by atoms with Crippen LogP contribution in [0, 0.1) is 6.92 Å². The maximum Gasteiger partial charge on any atom is 0.419 e. The highest BCUT2D eigenvalue weighted by Gasteiger charge is 2.47. The van der Waals surface area contributed by atoms with Crippen LogP contribution >= 0.6 is 0 Å². The topological polar surface area (TPSA) is 114 Å². The molecule has 2 fully saturated rings. The summed E-state index contributed by atoms with van der Waals surface area (Å²) in [7, 11) is -2.13. The second-order valence-corrected chi connectivity index (χ2v) is 13.5. The molecule has 1 aromatic heterocycles. The molecular formula is C32H36N4O6S. The number of carbonyl (C=O) groups is 1. The van der Waals surface area contributed by atoms with Gasteiger partial charge in [0.05, 0.1) is 35.2 Å². The fourth-order valence-corrected chi connectivity index (χ4v) is 7.71. The van der Waals surface area contributed by atoms with Crippen molar-refractivity contribution in [3.8, 4) is 0 Å². The number of hydrogen-bond acceptors (Lipinski definition) is 7. The van der Waals surface area contributed by atoms with Crippen molar-refractivity contribution >= 4 is 32.7 Å². The Balaban J connectivity index is 1.13. The van der Waals surface area contributed by atoms with Crippen LogP contribution in [0.4, 0.5) is 5.69 Å². The number of sulfonamides is 1. The van der Waals surface area contributed by atoms with Crippen LogP contribution in [0.15, 0.2) is 86.9 Å². The maximum absolute atomic E-state index is 14.0. The molecule has 226 valence electrons. The Morgan fingerprint density at radius 2 is 1.74 bits per heavy atom. The average molecular weight is 605 g/mol. The normalized spacial score (nSPS) is 19.5. The van der Waals surface area contributed by atoms with Gasteiger partial charge in [0.15, 0.2) is 5.58 Å². The number of ether oxygens (including phenoxy) is 1. The molecular weight excluding hydrogens is 568 g/mol. The Bertz CT molecular complexity index is 1770. The quantitative estimate of drug-likeness (QED) is 0.343. The van der Waals surface area contributed by atoms with E-state index in [1.165, 1.54) is 4.57 Å². The third kappa shape index (κ3) is 6.16. The van der Waals surface area contributed by atoms with Crippen LogP contribution in [-0.4, -0.2) is 72.5 Å². The van der Waals surface area contributed by atoms with Gasteiger partial charge in [-0.15, -0.1) is 0 Å². The van der Waals surface area contributed by atoms with Crippen molar-refractivity contribution in [1.29, 1.82) is 0 Å². The minimum Gasteiger partial charge on any atom is -0.408 e. The number of likely N-dealkylation sites (tertiary alicyclic amines) is 1.